The minimum Gasteiger partial charge on any atom is -0.336 e. The Balaban J connectivity index is 1.80. The van der Waals surface area contributed by atoms with Gasteiger partial charge >= 0.3 is 0 Å². The molecule has 0 aliphatic heterocycles. The number of nitrogens with zero attached hydrogens (tertiary/aromatic N) is 4. The average molecular weight is 227 g/mol. The fourth-order valence-electron chi connectivity index (χ4n) is 1.53. The Morgan fingerprint density at radius 1 is 1.41 bits per heavy atom. The fourth-order valence-corrected chi connectivity index (χ4v) is 1.53. The van der Waals surface area contributed by atoms with Gasteiger partial charge in [-0.15, -0.1) is 0 Å². The minimum absolute atomic E-state index is 0.489. The first-order valence-corrected chi connectivity index (χ1v) is 5.40. The van der Waals surface area contributed by atoms with Gasteiger partial charge in [0.05, 0.1) is 6.33 Å². The van der Waals surface area contributed by atoms with Gasteiger partial charge in [0.2, 0.25) is 0 Å². The lowest BCUT2D eigenvalue weighted by Crippen LogP contribution is -2.19. The normalized spacial score (nSPS) is 10.1. The summed E-state index contributed by atoms with van der Waals surface area (Å²) in [5.74, 6) is 0. The van der Waals surface area contributed by atoms with Gasteiger partial charge in [0, 0.05) is 43.8 Å². The predicted molar refractivity (Wildman–Crippen MR) is 62.9 cm³/mol. The van der Waals surface area contributed by atoms with E-state index in [4.69, 9.17) is 5.26 Å². The van der Waals surface area contributed by atoms with E-state index in [0.717, 1.165) is 18.7 Å². The van der Waals surface area contributed by atoms with Crippen LogP contribution in [0.2, 0.25) is 0 Å². The maximum atomic E-state index is 8.87. The molecule has 0 aromatic carbocycles. The van der Waals surface area contributed by atoms with E-state index in [9.17, 15) is 0 Å². The Morgan fingerprint density at radius 2 is 2.35 bits per heavy atom. The molecule has 0 aliphatic rings. The molecule has 0 atom stereocenters. The van der Waals surface area contributed by atoms with Crippen LogP contribution in [0.1, 0.15) is 11.3 Å². The third-order valence-electron chi connectivity index (χ3n) is 2.42. The van der Waals surface area contributed by atoms with E-state index in [2.05, 4.69) is 21.4 Å². The van der Waals surface area contributed by atoms with E-state index in [-0.39, 0.29) is 0 Å². The molecule has 0 fully saturated rings. The van der Waals surface area contributed by atoms with Crippen LogP contribution in [0.15, 0.2) is 37.1 Å². The zero-order valence-corrected chi connectivity index (χ0v) is 9.37. The Morgan fingerprint density at radius 3 is 3.12 bits per heavy atom. The van der Waals surface area contributed by atoms with Crippen molar-refractivity contribution in [3.8, 4) is 6.07 Å². The summed E-state index contributed by atoms with van der Waals surface area (Å²) in [4.78, 5) is 7.98. The monoisotopic (exact) mass is 227 g/mol. The second kappa shape index (κ2) is 5.77. The molecular weight excluding hydrogens is 214 g/mol. The number of pyridine rings is 1. The summed E-state index contributed by atoms with van der Waals surface area (Å²) >= 11 is 0. The lowest BCUT2D eigenvalue weighted by molar-refractivity contribution is 0.596. The molecular formula is C12H13N5. The van der Waals surface area contributed by atoms with Crippen LogP contribution in [0.4, 0.5) is 0 Å². The second-order valence-electron chi connectivity index (χ2n) is 3.60. The van der Waals surface area contributed by atoms with Crippen molar-refractivity contribution >= 4 is 0 Å². The zero-order valence-electron chi connectivity index (χ0n) is 9.37. The molecule has 0 radical (unpaired) electrons. The molecule has 0 unspecified atom stereocenters. The first-order chi connectivity index (χ1) is 8.40. The van der Waals surface area contributed by atoms with Crippen LogP contribution >= 0.6 is 0 Å². The van der Waals surface area contributed by atoms with E-state index in [1.807, 2.05) is 22.9 Å². The van der Waals surface area contributed by atoms with Gasteiger partial charge in [-0.3, -0.25) is 0 Å². The van der Waals surface area contributed by atoms with E-state index in [0.29, 0.717) is 12.2 Å². The first-order valence-electron chi connectivity index (χ1n) is 5.40. The van der Waals surface area contributed by atoms with Crippen molar-refractivity contribution in [2.75, 3.05) is 6.54 Å². The van der Waals surface area contributed by atoms with Crippen LogP contribution in [-0.4, -0.2) is 21.1 Å². The standard InChI is InChI=1S/C12H13N5/c13-8-12-11(2-1-3-16-12)9-14-4-6-17-7-5-15-10-17/h1-3,5,7,10,14H,4,6,9H2. The number of nitriles is 1. The van der Waals surface area contributed by atoms with Gasteiger partial charge < -0.3 is 9.88 Å². The molecule has 86 valence electrons. The third kappa shape index (κ3) is 3.13. The molecule has 0 amide bonds. The maximum absolute atomic E-state index is 8.87. The van der Waals surface area contributed by atoms with Crippen LogP contribution in [0.5, 0.6) is 0 Å². The highest BCUT2D eigenvalue weighted by Gasteiger charge is 2.00. The van der Waals surface area contributed by atoms with Crippen molar-refractivity contribution in [3.63, 3.8) is 0 Å². The molecule has 5 heteroatoms. The molecule has 2 aromatic rings. The number of nitrogens with one attached hydrogen (secondary N) is 1. The molecule has 0 aliphatic carbocycles. The Bertz CT molecular complexity index is 498. The molecule has 0 bridgehead atoms. The summed E-state index contributed by atoms with van der Waals surface area (Å²) < 4.78 is 2.00. The van der Waals surface area contributed by atoms with Crippen LogP contribution in [0.3, 0.4) is 0 Å². The summed E-state index contributed by atoms with van der Waals surface area (Å²) in [6, 6.07) is 5.84. The highest BCUT2D eigenvalue weighted by Crippen LogP contribution is 2.02. The Labute approximate surface area is 99.7 Å². The molecule has 2 aromatic heterocycles. The first kappa shape index (κ1) is 11.3. The molecule has 0 saturated carbocycles. The van der Waals surface area contributed by atoms with E-state index < -0.39 is 0 Å². The van der Waals surface area contributed by atoms with Gasteiger partial charge in [-0.2, -0.15) is 5.26 Å². The SMILES string of the molecule is N#Cc1ncccc1CNCCn1ccnc1. The molecule has 2 rings (SSSR count). The van der Waals surface area contributed by atoms with Gasteiger partial charge in [0.25, 0.3) is 0 Å². The molecule has 0 saturated heterocycles. The predicted octanol–water partition coefficient (Wildman–Crippen LogP) is 0.940. The van der Waals surface area contributed by atoms with E-state index in [1.54, 1.807) is 18.7 Å². The highest BCUT2D eigenvalue weighted by atomic mass is 15.0. The van der Waals surface area contributed by atoms with Crippen molar-refractivity contribution in [1.82, 2.24) is 19.9 Å². The molecule has 17 heavy (non-hydrogen) atoms. The van der Waals surface area contributed by atoms with Gasteiger partial charge in [0.15, 0.2) is 0 Å². The number of imidazole rings is 1. The summed E-state index contributed by atoms with van der Waals surface area (Å²) in [5, 5.41) is 12.1. The quantitative estimate of drug-likeness (QED) is 0.772. The molecule has 2 heterocycles. The summed E-state index contributed by atoms with van der Waals surface area (Å²) in [6.45, 7) is 2.35. The molecule has 5 nitrogen and oxygen atoms in total. The smallest absolute Gasteiger partial charge is 0.144 e. The summed E-state index contributed by atoms with van der Waals surface area (Å²) in [6.07, 6.45) is 7.10. The Hall–Kier alpha value is -2.19. The zero-order chi connectivity index (χ0) is 11.9. The largest absolute Gasteiger partial charge is 0.336 e. The van der Waals surface area contributed by atoms with Gasteiger partial charge in [0.1, 0.15) is 11.8 Å². The number of hydrogen-bond donors (Lipinski definition) is 1. The lowest BCUT2D eigenvalue weighted by atomic mass is 10.2. The minimum atomic E-state index is 0.489. The second-order valence-corrected chi connectivity index (χ2v) is 3.60. The van der Waals surface area contributed by atoms with Crippen LogP contribution < -0.4 is 5.32 Å². The molecule has 1 N–H and O–H groups in total. The maximum Gasteiger partial charge on any atom is 0.144 e. The van der Waals surface area contributed by atoms with Crippen LogP contribution in [0.25, 0.3) is 0 Å². The van der Waals surface area contributed by atoms with Gasteiger partial charge in [-0.1, -0.05) is 6.07 Å². The summed E-state index contributed by atoms with van der Waals surface area (Å²) in [5.41, 5.74) is 1.42. The topological polar surface area (TPSA) is 66.5 Å². The Kier molecular flexibility index (Phi) is 3.84. The van der Waals surface area contributed by atoms with Gasteiger partial charge in [-0.25, -0.2) is 9.97 Å². The van der Waals surface area contributed by atoms with E-state index in [1.165, 1.54) is 0 Å². The van der Waals surface area contributed by atoms with Crippen LogP contribution in [-0.2, 0) is 13.1 Å². The highest BCUT2D eigenvalue weighted by molar-refractivity contribution is 5.30. The van der Waals surface area contributed by atoms with Crippen molar-refractivity contribution in [2.24, 2.45) is 0 Å². The molecule has 0 spiro atoms. The van der Waals surface area contributed by atoms with Crippen molar-refractivity contribution < 1.29 is 0 Å². The van der Waals surface area contributed by atoms with Crippen molar-refractivity contribution in [3.05, 3.63) is 48.3 Å². The number of rotatable bonds is 5. The van der Waals surface area contributed by atoms with Crippen molar-refractivity contribution in [1.29, 1.82) is 5.26 Å². The van der Waals surface area contributed by atoms with Crippen molar-refractivity contribution in [2.45, 2.75) is 13.1 Å². The third-order valence-corrected chi connectivity index (χ3v) is 2.42. The number of hydrogen-bond acceptors (Lipinski definition) is 4. The van der Waals surface area contributed by atoms with Crippen LogP contribution in [0, 0.1) is 11.3 Å². The lowest BCUT2D eigenvalue weighted by Gasteiger charge is -2.06. The average Bonchev–Trinajstić information content (AvgIpc) is 2.88. The van der Waals surface area contributed by atoms with Gasteiger partial charge in [-0.05, 0) is 6.07 Å². The number of aromatic nitrogens is 3. The fraction of sp³-hybridized carbons (Fsp3) is 0.250. The van der Waals surface area contributed by atoms with E-state index >= 15 is 0 Å². The summed E-state index contributed by atoms with van der Waals surface area (Å²) in [7, 11) is 0.